The van der Waals surface area contributed by atoms with Crippen LogP contribution in [0.2, 0.25) is 0 Å². The Bertz CT molecular complexity index is 468. The Morgan fingerprint density at radius 3 is 2.38 bits per heavy atom. The first-order valence-electron chi connectivity index (χ1n) is 7.71. The summed E-state index contributed by atoms with van der Waals surface area (Å²) in [5.41, 5.74) is 0.691. The number of phenolic OH excluding ortho intramolecular Hbond substituents is 2. The van der Waals surface area contributed by atoms with E-state index in [1.165, 1.54) is 25.3 Å². The van der Waals surface area contributed by atoms with Crippen LogP contribution in [-0.4, -0.2) is 21.6 Å². The second kappa shape index (κ2) is 8.67. The number of aliphatic hydroxyl groups is 1. The van der Waals surface area contributed by atoms with Gasteiger partial charge in [0.25, 0.3) is 0 Å². The molecular weight excluding hydrogens is 268 g/mol. The number of hydrogen-bond donors (Lipinski definition) is 3. The van der Waals surface area contributed by atoms with E-state index < -0.39 is 6.10 Å². The van der Waals surface area contributed by atoms with E-state index in [0.717, 1.165) is 19.3 Å². The molecule has 1 atom stereocenters. The van der Waals surface area contributed by atoms with Crippen molar-refractivity contribution >= 4 is 6.29 Å². The molecule has 4 nitrogen and oxygen atoms in total. The van der Waals surface area contributed by atoms with Gasteiger partial charge in [-0.25, -0.2) is 0 Å². The molecule has 0 saturated carbocycles. The van der Waals surface area contributed by atoms with Gasteiger partial charge >= 0.3 is 0 Å². The summed E-state index contributed by atoms with van der Waals surface area (Å²) in [4.78, 5) is 11.0. The molecule has 0 aliphatic heterocycles. The van der Waals surface area contributed by atoms with Crippen LogP contribution in [0.3, 0.4) is 0 Å². The van der Waals surface area contributed by atoms with Gasteiger partial charge in [-0.05, 0) is 25.0 Å². The Kier molecular flexibility index (Phi) is 7.23. The van der Waals surface area contributed by atoms with E-state index in [4.69, 9.17) is 0 Å². The Morgan fingerprint density at radius 2 is 1.76 bits per heavy atom. The first kappa shape index (κ1) is 17.5. The van der Waals surface area contributed by atoms with Crippen LogP contribution in [0, 0.1) is 6.92 Å². The Hall–Kier alpha value is -1.55. The number of aliphatic hydroxyl groups excluding tert-OH is 1. The molecule has 118 valence electrons. The molecule has 21 heavy (non-hydrogen) atoms. The molecule has 0 fully saturated rings. The van der Waals surface area contributed by atoms with Crippen molar-refractivity contribution in [1.29, 1.82) is 0 Å². The van der Waals surface area contributed by atoms with E-state index in [9.17, 15) is 20.1 Å². The molecule has 3 N–H and O–H groups in total. The molecule has 0 heterocycles. The van der Waals surface area contributed by atoms with Crippen LogP contribution in [0.1, 0.15) is 79.5 Å². The maximum Gasteiger partial charge on any atom is 0.154 e. The van der Waals surface area contributed by atoms with Crippen LogP contribution in [0.4, 0.5) is 0 Å². The third kappa shape index (κ3) is 4.74. The summed E-state index contributed by atoms with van der Waals surface area (Å²) in [6, 6.07) is 1.41. The first-order valence-corrected chi connectivity index (χ1v) is 7.71. The lowest BCUT2D eigenvalue weighted by Crippen LogP contribution is -2.02. The standard InChI is InChI=1S/C17H26O4/c1-3-4-5-6-7-8-9-14(19)16-15(20)10-12(2)13(11-18)17(16)21/h10-11,14,19-21H,3-9H2,1-2H3. The highest BCUT2D eigenvalue weighted by Gasteiger charge is 2.21. The third-order valence-electron chi connectivity index (χ3n) is 3.85. The lowest BCUT2D eigenvalue weighted by molar-refractivity contribution is 0.111. The van der Waals surface area contributed by atoms with Crippen molar-refractivity contribution in [2.24, 2.45) is 0 Å². The molecule has 0 spiro atoms. The Morgan fingerprint density at radius 1 is 1.14 bits per heavy atom. The van der Waals surface area contributed by atoms with Crippen molar-refractivity contribution in [1.82, 2.24) is 0 Å². The van der Waals surface area contributed by atoms with Crippen molar-refractivity contribution in [2.75, 3.05) is 0 Å². The molecule has 0 bridgehead atoms. The first-order chi connectivity index (χ1) is 10.0. The molecule has 0 aliphatic rings. The van der Waals surface area contributed by atoms with E-state index in [-0.39, 0.29) is 22.6 Å². The number of aldehydes is 1. The monoisotopic (exact) mass is 294 g/mol. The number of phenols is 2. The van der Waals surface area contributed by atoms with Gasteiger partial charge in [-0.15, -0.1) is 0 Å². The molecule has 4 heteroatoms. The van der Waals surface area contributed by atoms with Gasteiger partial charge in [0.15, 0.2) is 6.29 Å². The fourth-order valence-electron chi connectivity index (χ4n) is 2.55. The molecule has 1 aromatic carbocycles. The van der Waals surface area contributed by atoms with Crippen LogP contribution >= 0.6 is 0 Å². The smallest absolute Gasteiger partial charge is 0.154 e. The van der Waals surface area contributed by atoms with E-state index in [1.54, 1.807) is 6.92 Å². The van der Waals surface area contributed by atoms with Gasteiger partial charge in [0.1, 0.15) is 11.5 Å². The number of aromatic hydroxyl groups is 2. The van der Waals surface area contributed by atoms with Gasteiger partial charge in [-0.1, -0.05) is 45.4 Å². The van der Waals surface area contributed by atoms with Gasteiger partial charge in [0.05, 0.1) is 17.2 Å². The van der Waals surface area contributed by atoms with Crippen molar-refractivity contribution < 1.29 is 20.1 Å². The van der Waals surface area contributed by atoms with Crippen molar-refractivity contribution in [3.63, 3.8) is 0 Å². The van der Waals surface area contributed by atoms with Crippen molar-refractivity contribution in [2.45, 2.75) is 64.9 Å². The van der Waals surface area contributed by atoms with E-state index in [2.05, 4.69) is 6.92 Å². The molecule has 0 radical (unpaired) electrons. The second-order valence-electron chi connectivity index (χ2n) is 5.58. The topological polar surface area (TPSA) is 77.8 Å². The van der Waals surface area contributed by atoms with E-state index >= 15 is 0 Å². The molecule has 1 rings (SSSR count). The minimum atomic E-state index is -0.949. The van der Waals surface area contributed by atoms with E-state index in [1.807, 2.05) is 0 Å². The fraction of sp³-hybridized carbons (Fsp3) is 0.588. The number of benzene rings is 1. The van der Waals surface area contributed by atoms with Crippen molar-refractivity contribution in [3.8, 4) is 11.5 Å². The van der Waals surface area contributed by atoms with Gasteiger partial charge in [0, 0.05) is 0 Å². The maximum atomic E-state index is 11.0. The zero-order chi connectivity index (χ0) is 15.8. The normalized spacial score (nSPS) is 12.3. The molecule has 0 saturated heterocycles. The van der Waals surface area contributed by atoms with Gasteiger partial charge in [-0.3, -0.25) is 4.79 Å². The highest BCUT2D eigenvalue weighted by atomic mass is 16.3. The molecule has 0 aliphatic carbocycles. The number of rotatable bonds is 9. The highest BCUT2D eigenvalue weighted by molar-refractivity contribution is 5.83. The van der Waals surface area contributed by atoms with Gasteiger partial charge < -0.3 is 15.3 Å². The van der Waals surface area contributed by atoms with Crippen LogP contribution in [0.5, 0.6) is 11.5 Å². The van der Waals surface area contributed by atoms with Gasteiger partial charge in [0.2, 0.25) is 0 Å². The zero-order valence-electron chi connectivity index (χ0n) is 12.9. The third-order valence-corrected chi connectivity index (χ3v) is 3.85. The summed E-state index contributed by atoms with van der Waals surface area (Å²) in [7, 11) is 0. The maximum absolute atomic E-state index is 11.0. The van der Waals surface area contributed by atoms with Crippen LogP contribution in [0.15, 0.2) is 6.07 Å². The summed E-state index contributed by atoms with van der Waals surface area (Å²) in [6.07, 6.45) is 6.66. The summed E-state index contributed by atoms with van der Waals surface area (Å²) >= 11 is 0. The molecule has 1 unspecified atom stereocenters. The van der Waals surface area contributed by atoms with E-state index in [0.29, 0.717) is 18.3 Å². The molecule has 1 aromatic rings. The average molecular weight is 294 g/mol. The molecular formula is C17H26O4. The zero-order valence-corrected chi connectivity index (χ0v) is 12.9. The molecule has 0 amide bonds. The lowest BCUT2D eigenvalue weighted by atomic mass is 9.96. The summed E-state index contributed by atoms with van der Waals surface area (Å²) in [6.45, 7) is 3.80. The van der Waals surface area contributed by atoms with Gasteiger partial charge in [-0.2, -0.15) is 0 Å². The highest BCUT2D eigenvalue weighted by Crippen LogP contribution is 2.38. The Balaban J connectivity index is 2.66. The number of carbonyl (C=O) groups excluding carboxylic acids is 1. The number of hydrogen-bond acceptors (Lipinski definition) is 4. The second-order valence-corrected chi connectivity index (χ2v) is 5.58. The summed E-state index contributed by atoms with van der Waals surface area (Å²) in [5.74, 6) is -0.463. The van der Waals surface area contributed by atoms with Crippen LogP contribution in [-0.2, 0) is 0 Å². The van der Waals surface area contributed by atoms with Crippen molar-refractivity contribution in [3.05, 3.63) is 22.8 Å². The quantitative estimate of drug-likeness (QED) is 0.475. The largest absolute Gasteiger partial charge is 0.507 e. The SMILES string of the molecule is CCCCCCCCC(O)c1c(O)cc(C)c(C=O)c1O. The number of unbranched alkanes of at least 4 members (excludes halogenated alkanes) is 5. The number of aryl methyl sites for hydroxylation is 1. The Labute approximate surface area is 126 Å². The minimum absolute atomic E-state index is 0.0660. The van der Waals surface area contributed by atoms with Crippen LogP contribution < -0.4 is 0 Å². The predicted molar refractivity (Wildman–Crippen MR) is 82.8 cm³/mol. The average Bonchev–Trinajstić information content (AvgIpc) is 2.42. The fourth-order valence-corrected chi connectivity index (χ4v) is 2.55. The molecule has 0 aromatic heterocycles. The lowest BCUT2D eigenvalue weighted by Gasteiger charge is -2.16. The minimum Gasteiger partial charge on any atom is -0.507 e. The predicted octanol–water partition coefficient (Wildman–Crippen LogP) is 4.00. The number of carbonyl (C=O) groups is 1. The summed E-state index contributed by atoms with van der Waals surface area (Å²) in [5, 5.41) is 30.1. The summed E-state index contributed by atoms with van der Waals surface area (Å²) < 4.78 is 0. The van der Waals surface area contributed by atoms with Crippen LogP contribution in [0.25, 0.3) is 0 Å².